The van der Waals surface area contributed by atoms with Crippen LogP contribution in [-0.4, -0.2) is 0 Å². The van der Waals surface area contributed by atoms with Gasteiger partial charge in [-0.25, -0.2) is 0 Å². The lowest BCUT2D eigenvalue weighted by atomic mass is 10.0. The zero-order valence-electron chi connectivity index (χ0n) is 7.09. The van der Waals surface area contributed by atoms with E-state index in [1.807, 2.05) is 6.08 Å². The molecular weight excluding hydrogens is 212 g/mol. The molecule has 0 amide bonds. The van der Waals surface area contributed by atoms with Crippen LogP contribution in [0.1, 0.15) is 17.5 Å². The molecule has 0 aliphatic rings. The van der Waals surface area contributed by atoms with E-state index in [0.717, 1.165) is 18.2 Å². The maximum atomic E-state index is 3.72. The summed E-state index contributed by atoms with van der Waals surface area (Å²) in [5.74, 6) is 0. The van der Waals surface area contributed by atoms with E-state index in [0.29, 0.717) is 0 Å². The molecule has 0 fully saturated rings. The summed E-state index contributed by atoms with van der Waals surface area (Å²) in [6.45, 7) is 3.72. The highest BCUT2D eigenvalue weighted by Crippen LogP contribution is 2.14. The standard InChI is InChI=1S/C11H13Br/c1-2-3-6-10-7-4-5-8-11(10)9-12/h2,4-5,7-8H,1,3,6,9H2. The number of hydrogen-bond acceptors (Lipinski definition) is 0. The van der Waals surface area contributed by atoms with Crippen molar-refractivity contribution in [1.82, 2.24) is 0 Å². The first-order valence-corrected chi connectivity index (χ1v) is 5.24. The summed E-state index contributed by atoms with van der Waals surface area (Å²) in [4.78, 5) is 0. The van der Waals surface area contributed by atoms with E-state index in [1.165, 1.54) is 11.1 Å². The maximum Gasteiger partial charge on any atom is 0.0285 e. The third-order valence-electron chi connectivity index (χ3n) is 1.88. The fraction of sp³-hybridized carbons (Fsp3) is 0.273. The van der Waals surface area contributed by atoms with Crippen LogP contribution in [0.5, 0.6) is 0 Å². The van der Waals surface area contributed by atoms with E-state index in [1.54, 1.807) is 0 Å². The van der Waals surface area contributed by atoms with Crippen molar-refractivity contribution in [2.45, 2.75) is 18.2 Å². The Balaban J connectivity index is 2.74. The van der Waals surface area contributed by atoms with Crippen LogP contribution in [0.3, 0.4) is 0 Å². The molecule has 0 aliphatic carbocycles. The molecule has 1 aromatic rings. The van der Waals surface area contributed by atoms with Crippen LogP contribution in [0.15, 0.2) is 36.9 Å². The Morgan fingerprint density at radius 2 is 1.92 bits per heavy atom. The van der Waals surface area contributed by atoms with Crippen LogP contribution in [0.2, 0.25) is 0 Å². The molecule has 0 atom stereocenters. The lowest BCUT2D eigenvalue weighted by molar-refractivity contribution is 0.988. The van der Waals surface area contributed by atoms with E-state index in [-0.39, 0.29) is 0 Å². The van der Waals surface area contributed by atoms with E-state index in [4.69, 9.17) is 0 Å². The summed E-state index contributed by atoms with van der Waals surface area (Å²) >= 11 is 3.47. The van der Waals surface area contributed by atoms with Crippen molar-refractivity contribution in [2.24, 2.45) is 0 Å². The number of alkyl halides is 1. The van der Waals surface area contributed by atoms with Crippen molar-refractivity contribution in [3.63, 3.8) is 0 Å². The zero-order valence-corrected chi connectivity index (χ0v) is 8.68. The first-order valence-electron chi connectivity index (χ1n) is 4.12. The van der Waals surface area contributed by atoms with Gasteiger partial charge in [-0.15, -0.1) is 6.58 Å². The largest absolute Gasteiger partial charge is 0.103 e. The normalized spacial score (nSPS) is 9.75. The van der Waals surface area contributed by atoms with Gasteiger partial charge in [0.25, 0.3) is 0 Å². The Bertz CT molecular complexity index is 253. The van der Waals surface area contributed by atoms with Crippen molar-refractivity contribution in [3.05, 3.63) is 48.0 Å². The number of rotatable bonds is 4. The molecule has 1 heteroatoms. The van der Waals surface area contributed by atoms with E-state index < -0.39 is 0 Å². The molecule has 0 spiro atoms. The first-order chi connectivity index (χ1) is 5.88. The molecule has 0 unspecified atom stereocenters. The molecule has 0 saturated carbocycles. The molecule has 0 heterocycles. The van der Waals surface area contributed by atoms with Crippen molar-refractivity contribution >= 4 is 15.9 Å². The minimum Gasteiger partial charge on any atom is -0.103 e. The Hall–Kier alpha value is -0.560. The second-order valence-corrected chi connectivity index (χ2v) is 3.29. The molecule has 0 radical (unpaired) electrons. The summed E-state index contributed by atoms with van der Waals surface area (Å²) in [5.41, 5.74) is 2.81. The van der Waals surface area contributed by atoms with Gasteiger partial charge in [-0.05, 0) is 24.0 Å². The van der Waals surface area contributed by atoms with Gasteiger partial charge in [0.05, 0.1) is 0 Å². The molecule has 0 aliphatic heterocycles. The smallest absolute Gasteiger partial charge is 0.0285 e. The van der Waals surface area contributed by atoms with Gasteiger partial charge in [-0.1, -0.05) is 46.3 Å². The van der Waals surface area contributed by atoms with Crippen molar-refractivity contribution in [2.75, 3.05) is 0 Å². The SMILES string of the molecule is C=CCCc1ccccc1CBr. The highest BCUT2D eigenvalue weighted by atomic mass is 79.9. The third kappa shape index (κ3) is 2.49. The number of aryl methyl sites for hydroxylation is 1. The van der Waals surface area contributed by atoms with Crippen LogP contribution in [-0.2, 0) is 11.8 Å². The quantitative estimate of drug-likeness (QED) is 0.541. The summed E-state index contributed by atoms with van der Waals surface area (Å²) in [7, 11) is 0. The summed E-state index contributed by atoms with van der Waals surface area (Å²) in [6.07, 6.45) is 4.13. The van der Waals surface area contributed by atoms with E-state index in [2.05, 4.69) is 46.8 Å². The van der Waals surface area contributed by atoms with Gasteiger partial charge in [0.15, 0.2) is 0 Å². The van der Waals surface area contributed by atoms with Crippen LogP contribution >= 0.6 is 15.9 Å². The Morgan fingerprint density at radius 1 is 1.25 bits per heavy atom. The van der Waals surface area contributed by atoms with Gasteiger partial charge in [0.2, 0.25) is 0 Å². The molecule has 0 bridgehead atoms. The Morgan fingerprint density at radius 3 is 2.50 bits per heavy atom. The average Bonchev–Trinajstić information content (AvgIpc) is 2.15. The van der Waals surface area contributed by atoms with Gasteiger partial charge in [-0.3, -0.25) is 0 Å². The lowest BCUT2D eigenvalue weighted by Crippen LogP contribution is -1.89. The molecule has 0 N–H and O–H groups in total. The fourth-order valence-electron chi connectivity index (χ4n) is 1.19. The van der Waals surface area contributed by atoms with Crippen LogP contribution < -0.4 is 0 Å². The molecule has 0 saturated heterocycles. The summed E-state index contributed by atoms with van der Waals surface area (Å²) in [5, 5.41) is 0.945. The highest BCUT2D eigenvalue weighted by molar-refractivity contribution is 9.08. The minimum absolute atomic E-state index is 0.945. The highest BCUT2D eigenvalue weighted by Gasteiger charge is 1.97. The van der Waals surface area contributed by atoms with Crippen LogP contribution in [0.25, 0.3) is 0 Å². The lowest BCUT2D eigenvalue weighted by Gasteiger charge is -2.04. The van der Waals surface area contributed by atoms with Gasteiger partial charge in [-0.2, -0.15) is 0 Å². The maximum absolute atomic E-state index is 3.72. The van der Waals surface area contributed by atoms with Gasteiger partial charge >= 0.3 is 0 Å². The topological polar surface area (TPSA) is 0 Å². The minimum atomic E-state index is 0.945. The Kier molecular flexibility index (Phi) is 4.09. The van der Waals surface area contributed by atoms with E-state index >= 15 is 0 Å². The van der Waals surface area contributed by atoms with Gasteiger partial charge < -0.3 is 0 Å². The third-order valence-corrected chi connectivity index (χ3v) is 2.48. The zero-order chi connectivity index (χ0) is 8.81. The van der Waals surface area contributed by atoms with Crippen molar-refractivity contribution < 1.29 is 0 Å². The Labute approximate surface area is 82.4 Å². The number of halogens is 1. The average molecular weight is 225 g/mol. The molecule has 0 aromatic heterocycles. The first kappa shape index (κ1) is 9.53. The molecular formula is C11H13Br. The fourth-order valence-corrected chi connectivity index (χ4v) is 1.74. The molecule has 0 nitrogen and oxygen atoms in total. The van der Waals surface area contributed by atoms with Crippen molar-refractivity contribution in [1.29, 1.82) is 0 Å². The number of hydrogen-bond donors (Lipinski definition) is 0. The predicted octanol–water partition coefficient (Wildman–Crippen LogP) is 3.70. The number of allylic oxidation sites excluding steroid dienone is 1. The molecule has 1 aromatic carbocycles. The van der Waals surface area contributed by atoms with Crippen LogP contribution in [0.4, 0.5) is 0 Å². The number of benzene rings is 1. The summed E-state index contributed by atoms with van der Waals surface area (Å²) < 4.78 is 0. The van der Waals surface area contributed by atoms with Crippen LogP contribution in [0, 0.1) is 0 Å². The molecule has 64 valence electrons. The second-order valence-electron chi connectivity index (χ2n) is 2.73. The molecule has 1 rings (SSSR count). The van der Waals surface area contributed by atoms with Gasteiger partial charge in [0, 0.05) is 5.33 Å². The van der Waals surface area contributed by atoms with Gasteiger partial charge in [0.1, 0.15) is 0 Å². The monoisotopic (exact) mass is 224 g/mol. The van der Waals surface area contributed by atoms with E-state index in [9.17, 15) is 0 Å². The second kappa shape index (κ2) is 5.15. The molecule has 12 heavy (non-hydrogen) atoms. The van der Waals surface area contributed by atoms with Crippen molar-refractivity contribution in [3.8, 4) is 0 Å². The summed E-state index contributed by atoms with van der Waals surface area (Å²) in [6, 6.07) is 8.51. The predicted molar refractivity (Wildman–Crippen MR) is 57.6 cm³/mol.